The number of nitrogens with two attached hydrogens (primary N) is 1. The molecule has 0 aliphatic carbocycles. The molecule has 0 radical (unpaired) electrons. The monoisotopic (exact) mass is 233 g/mol. The van der Waals surface area contributed by atoms with E-state index in [0.29, 0.717) is 6.42 Å². The Hall–Kier alpha value is -1.16. The minimum Gasteiger partial charge on any atom is -0.364 e. The zero-order chi connectivity index (χ0) is 11.6. The number of aryl methyl sites for hydroxylation is 1. The van der Waals surface area contributed by atoms with E-state index in [1.54, 1.807) is 0 Å². The van der Waals surface area contributed by atoms with Gasteiger partial charge < -0.3 is 5.73 Å². The van der Waals surface area contributed by atoms with Crippen LogP contribution in [0.4, 0.5) is 8.78 Å². The first-order valence-corrected chi connectivity index (χ1v) is 4.74. The molecule has 82 valence electrons. The maximum atomic E-state index is 13.2. The number of hydrogen-bond acceptors (Lipinski definition) is 1. The Kier molecular flexibility index (Phi) is 3.29. The summed E-state index contributed by atoms with van der Waals surface area (Å²) in [5.74, 6) is -5.35. The third-order valence-corrected chi connectivity index (χ3v) is 2.46. The van der Waals surface area contributed by atoms with E-state index < -0.39 is 17.4 Å². The predicted octanol–water partition coefficient (Wildman–Crippen LogP) is 2.48. The number of rotatable bonds is 3. The van der Waals surface area contributed by atoms with Gasteiger partial charge in [0.1, 0.15) is 0 Å². The maximum Gasteiger partial charge on any atom is 0.349 e. The van der Waals surface area contributed by atoms with Crippen molar-refractivity contribution in [2.75, 3.05) is 0 Å². The molecule has 1 rings (SSSR count). The lowest BCUT2D eigenvalue weighted by atomic mass is 10.0. The molecule has 1 aromatic carbocycles. The zero-order valence-electron chi connectivity index (χ0n) is 8.06. The van der Waals surface area contributed by atoms with Crippen molar-refractivity contribution in [1.29, 1.82) is 0 Å². The SMILES string of the molecule is CCc1ccc(C(F)(F)C(N)=O)cc1Cl. The minimum atomic E-state index is -3.67. The standard InChI is InChI=1S/C10H10ClF2NO/c1-2-6-3-4-7(5-8(6)11)10(12,13)9(14)15/h3-5H,2H2,1H3,(H2,14,15). The van der Waals surface area contributed by atoms with Gasteiger partial charge >= 0.3 is 5.92 Å². The van der Waals surface area contributed by atoms with E-state index in [4.69, 9.17) is 11.6 Å². The zero-order valence-corrected chi connectivity index (χ0v) is 8.81. The van der Waals surface area contributed by atoms with Crippen molar-refractivity contribution < 1.29 is 13.6 Å². The molecule has 0 unspecified atom stereocenters. The number of carbonyl (C=O) groups excluding carboxylic acids is 1. The first-order valence-electron chi connectivity index (χ1n) is 4.36. The molecule has 0 saturated carbocycles. The molecule has 1 aromatic rings. The number of benzene rings is 1. The summed E-state index contributed by atoms with van der Waals surface area (Å²) in [4.78, 5) is 10.5. The molecule has 1 amide bonds. The Morgan fingerprint density at radius 1 is 1.53 bits per heavy atom. The Bertz CT molecular complexity index is 393. The van der Waals surface area contributed by atoms with Gasteiger partial charge in [-0.1, -0.05) is 30.7 Å². The fraction of sp³-hybridized carbons (Fsp3) is 0.300. The molecule has 0 aliphatic rings. The summed E-state index contributed by atoms with van der Waals surface area (Å²) < 4.78 is 26.3. The lowest BCUT2D eigenvalue weighted by Crippen LogP contribution is -2.32. The van der Waals surface area contributed by atoms with Crippen LogP contribution in [0.3, 0.4) is 0 Å². The fourth-order valence-corrected chi connectivity index (χ4v) is 1.49. The second-order valence-electron chi connectivity index (χ2n) is 3.10. The van der Waals surface area contributed by atoms with Crippen LogP contribution in [-0.2, 0) is 17.1 Å². The number of halogens is 3. The fourth-order valence-electron chi connectivity index (χ4n) is 1.17. The van der Waals surface area contributed by atoms with Crippen molar-refractivity contribution in [3.8, 4) is 0 Å². The van der Waals surface area contributed by atoms with Gasteiger partial charge in [-0.05, 0) is 18.1 Å². The molecule has 0 aliphatic heterocycles. The molecule has 0 fully saturated rings. The molecular formula is C10H10ClF2NO. The first-order chi connectivity index (χ1) is 6.89. The van der Waals surface area contributed by atoms with E-state index in [1.807, 2.05) is 6.92 Å². The molecule has 0 atom stereocenters. The average molecular weight is 234 g/mol. The highest BCUT2D eigenvalue weighted by molar-refractivity contribution is 6.31. The van der Waals surface area contributed by atoms with E-state index in [9.17, 15) is 13.6 Å². The lowest BCUT2D eigenvalue weighted by molar-refractivity contribution is -0.143. The third kappa shape index (κ3) is 2.26. The average Bonchev–Trinajstić information content (AvgIpc) is 2.17. The molecule has 2 nitrogen and oxygen atoms in total. The van der Waals surface area contributed by atoms with Crippen LogP contribution < -0.4 is 5.73 Å². The quantitative estimate of drug-likeness (QED) is 0.856. The summed E-state index contributed by atoms with van der Waals surface area (Å²) >= 11 is 5.75. The normalized spacial score (nSPS) is 11.5. The largest absolute Gasteiger partial charge is 0.364 e. The number of amides is 1. The van der Waals surface area contributed by atoms with Gasteiger partial charge in [-0.15, -0.1) is 0 Å². The highest BCUT2D eigenvalue weighted by atomic mass is 35.5. The second kappa shape index (κ2) is 4.14. The Balaban J connectivity index is 3.18. The Labute approximate surface area is 91.0 Å². The van der Waals surface area contributed by atoms with Crippen LogP contribution in [0.1, 0.15) is 18.1 Å². The lowest BCUT2D eigenvalue weighted by Gasteiger charge is -2.13. The summed E-state index contributed by atoms with van der Waals surface area (Å²) in [5.41, 5.74) is 4.87. The number of primary amides is 1. The maximum absolute atomic E-state index is 13.2. The number of carbonyl (C=O) groups is 1. The van der Waals surface area contributed by atoms with E-state index in [1.165, 1.54) is 6.07 Å². The van der Waals surface area contributed by atoms with Gasteiger partial charge in [0.05, 0.1) is 0 Å². The van der Waals surface area contributed by atoms with E-state index in [0.717, 1.165) is 17.7 Å². The molecular weight excluding hydrogens is 224 g/mol. The summed E-state index contributed by atoms with van der Waals surface area (Å²) in [6.45, 7) is 1.85. The first kappa shape index (κ1) is 11.9. The van der Waals surface area contributed by atoms with Crippen molar-refractivity contribution in [1.82, 2.24) is 0 Å². The smallest absolute Gasteiger partial charge is 0.349 e. The van der Waals surface area contributed by atoms with Crippen molar-refractivity contribution in [2.45, 2.75) is 19.3 Å². The van der Waals surface area contributed by atoms with Gasteiger partial charge in [0.25, 0.3) is 5.91 Å². The Morgan fingerprint density at radius 2 is 2.13 bits per heavy atom. The van der Waals surface area contributed by atoms with Crippen molar-refractivity contribution in [3.63, 3.8) is 0 Å². The molecule has 15 heavy (non-hydrogen) atoms. The van der Waals surface area contributed by atoms with E-state index in [2.05, 4.69) is 5.73 Å². The molecule has 0 spiro atoms. The predicted molar refractivity (Wildman–Crippen MR) is 53.9 cm³/mol. The minimum absolute atomic E-state index is 0.218. The number of hydrogen-bond donors (Lipinski definition) is 1. The third-order valence-electron chi connectivity index (χ3n) is 2.11. The van der Waals surface area contributed by atoms with Crippen molar-refractivity contribution in [3.05, 3.63) is 34.3 Å². The van der Waals surface area contributed by atoms with Gasteiger partial charge in [-0.3, -0.25) is 4.79 Å². The summed E-state index contributed by atoms with van der Waals surface area (Å²) in [6, 6.07) is 3.70. The van der Waals surface area contributed by atoms with Crippen molar-refractivity contribution in [2.24, 2.45) is 5.73 Å². The Morgan fingerprint density at radius 3 is 2.53 bits per heavy atom. The van der Waals surface area contributed by atoms with E-state index >= 15 is 0 Å². The second-order valence-corrected chi connectivity index (χ2v) is 3.51. The van der Waals surface area contributed by atoms with Crippen LogP contribution in [-0.4, -0.2) is 5.91 Å². The molecule has 0 saturated heterocycles. The number of alkyl halides is 2. The van der Waals surface area contributed by atoms with Gasteiger partial charge in [-0.2, -0.15) is 8.78 Å². The van der Waals surface area contributed by atoms with Crippen LogP contribution in [0.25, 0.3) is 0 Å². The van der Waals surface area contributed by atoms with Crippen LogP contribution >= 0.6 is 11.6 Å². The van der Waals surface area contributed by atoms with Gasteiger partial charge in [0.2, 0.25) is 0 Å². The molecule has 0 heterocycles. The van der Waals surface area contributed by atoms with Crippen LogP contribution in [0, 0.1) is 0 Å². The van der Waals surface area contributed by atoms with Crippen LogP contribution in [0.15, 0.2) is 18.2 Å². The topological polar surface area (TPSA) is 43.1 Å². The van der Waals surface area contributed by atoms with Gasteiger partial charge in [0.15, 0.2) is 0 Å². The van der Waals surface area contributed by atoms with Crippen LogP contribution in [0.2, 0.25) is 5.02 Å². The summed E-state index contributed by atoms with van der Waals surface area (Å²) in [7, 11) is 0. The van der Waals surface area contributed by atoms with Gasteiger partial charge in [0, 0.05) is 10.6 Å². The molecule has 5 heteroatoms. The summed E-state index contributed by atoms with van der Waals surface area (Å²) in [5, 5.41) is 0.218. The van der Waals surface area contributed by atoms with Crippen LogP contribution in [0.5, 0.6) is 0 Å². The molecule has 0 aromatic heterocycles. The highest BCUT2D eigenvalue weighted by Gasteiger charge is 2.38. The van der Waals surface area contributed by atoms with Gasteiger partial charge in [-0.25, -0.2) is 0 Å². The highest BCUT2D eigenvalue weighted by Crippen LogP contribution is 2.30. The summed E-state index contributed by atoms with van der Waals surface area (Å²) in [6.07, 6.45) is 0.640. The molecule has 2 N–H and O–H groups in total. The van der Waals surface area contributed by atoms with E-state index in [-0.39, 0.29) is 5.02 Å². The molecule has 0 bridgehead atoms. The van der Waals surface area contributed by atoms with Crippen molar-refractivity contribution >= 4 is 17.5 Å².